The number of hydrogen-bond acceptors (Lipinski definition) is 4. The van der Waals surface area contributed by atoms with Crippen molar-refractivity contribution >= 4 is 17.5 Å². The molecule has 0 bridgehead atoms. The highest BCUT2D eigenvalue weighted by Gasteiger charge is 2.35. The van der Waals surface area contributed by atoms with Crippen LogP contribution in [-0.2, 0) is 0 Å². The average Bonchev–Trinajstić information content (AvgIpc) is 3.28. The number of amides is 1. The van der Waals surface area contributed by atoms with Gasteiger partial charge < -0.3 is 19.8 Å². The minimum atomic E-state index is -1.75. The maximum atomic E-state index is 14.8. The summed E-state index contributed by atoms with van der Waals surface area (Å²) in [5.74, 6) is -2.83. The first-order valence-corrected chi connectivity index (χ1v) is 10.4. The molecule has 0 aliphatic carbocycles. The number of rotatable bonds is 5. The first kappa shape index (κ1) is 22.2. The Labute approximate surface area is 188 Å². The molecule has 0 saturated carbocycles. The monoisotopic (exact) mass is 459 g/mol. The van der Waals surface area contributed by atoms with Crippen molar-refractivity contribution in [3.8, 4) is 22.6 Å². The Morgan fingerprint density at radius 3 is 2.50 bits per heavy atom. The van der Waals surface area contributed by atoms with Crippen LogP contribution in [0.1, 0.15) is 23.2 Å². The number of ether oxygens (including phenoxy) is 1. The zero-order valence-corrected chi connectivity index (χ0v) is 17.6. The number of aliphatic hydroxyl groups excluding tert-OH is 1. The van der Waals surface area contributed by atoms with Crippen molar-refractivity contribution in [2.45, 2.75) is 25.2 Å². The molecule has 5 nitrogen and oxygen atoms in total. The third-order valence-electron chi connectivity index (χ3n) is 5.40. The molecular weight excluding hydrogens is 440 g/mol. The summed E-state index contributed by atoms with van der Waals surface area (Å²) in [7, 11) is 0. The van der Waals surface area contributed by atoms with E-state index >= 15 is 0 Å². The Morgan fingerprint density at radius 1 is 1.03 bits per heavy atom. The molecule has 2 N–H and O–H groups in total. The van der Waals surface area contributed by atoms with Crippen molar-refractivity contribution < 1.29 is 28.5 Å². The van der Waals surface area contributed by atoms with Gasteiger partial charge >= 0.3 is 0 Å². The molecule has 1 heterocycles. The molecule has 8 heteroatoms. The zero-order valence-electron chi connectivity index (χ0n) is 16.8. The van der Waals surface area contributed by atoms with Crippen molar-refractivity contribution in [3.63, 3.8) is 0 Å². The van der Waals surface area contributed by atoms with Gasteiger partial charge in [-0.3, -0.25) is 4.79 Å². The smallest absolute Gasteiger partial charge is 0.257 e. The molecule has 1 saturated heterocycles. The molecule has 1 aliphatic heterocycles. The highest BCUT2D eigenvalue weighted by atomic mass is 35.5. The molecule has 1 aliphatic rings. The molecule has 0 unspecified atom stereocenters. The van der Waals surface area contributed by atoms with Crippen LogP contribution in [-0.4, -0.2) is 39.9 Å². The lowest BCUT2D eigenvalue weighted by Gasteiger charge is -2.26. The van der Waals surface area contributed by atoms with Gasteiger partial charge in [-0.05, 0) is 42.7 Å². The molecule has 0 spiro atoms. The van der Waals surface area contributed by atoms with E-state index in [9.17, 15) is 23.8 Å². The second kappa shape index (κ2) is 9.24. The third kappa shape index (κ3) is 4.46. The van der Waals surface area contributed by atoms with E-state index in [0.717, 1.165) is 22.6 Å². The zero-order chi connectivity index (χ0) is 22.8. The average molecular weight is 460 g/mol. The highest BCUT2D eigenvalue weighted by molar-refractivity contribution is 6.31. The lowest BCUT2D eigenvalue weighted by Crippen LogP contribution is -2.43. The van der Waals surface area contributed by atoms with Crippen LogP contribution in [0, 0.1) is 11.6 Å². The van der Waals surface area contributed by atoms with Gasteiger partial charge in [0.25, 0.3) is 5.91 Å². The van der Waals surface area contributed by atoms with Crippen LogP contribution >= 0.6 is 11.6 Å². The first-order chi connectivity index (χ1) is 15.3. The van der Waals surface area contributed by atoms with Gasteiger partial charge in [-0.2, -0.15) is 0 Å². The summed E-state index contributed by atoms with van der Waals surface area (Å²) in [6, 6.07) is 14.7. The van der Waals surface area contributed by atoms with Crippen molar-refractivity contribution in [1.82, 2.24) is 4.90 Å². The van der Waals surface area contributed by atoms with Gasteiger partial charge in [-0.25, -0.2) is 8.78 Å². The second-order valence-corrected chi connectivity index (χ2v) is 7.93. The molecule has 166 valence electrons. The quantitative estimate of drug-likeness (QED) is 0.527. The van der Waals surface area contributed by atoms with Crippen molar-refractivity contribution in [3.05, 3.63) is 82.9 Å². The lowest BCUT2D eigenvalue weighted by atomic mass is 10.0. The third-order valence-corrected chi connectivity index (χ3v) is 5.64. The summed E-state index contributed by atoms with van der Waals surface area (Å²) < 4.78 is 35.3. The van der Waals surface area contributed by atoms with Gasteiger partial charge in [0.1, 0.15) is 11.6 Å². The number of benzene rings is 3. The number of likely N-dealkylation sites (tertiary alicyclic amines) is 1. The van der Waals surface area contributed by atoms with Crippen molar-refractivity contribution in [2.75, 3.05) is 6.54 Å². The van der Waals surface area contributed by atoms with Gasteiger partial charge in [0.15, 0.2) is 17.9 Å². The number of aliphatic hydroxyl groups is 2. The number of carbonyl (C=O) groups is 1. The van der Waals surface area contributed by atoms with E-state index in [2.05, 4.69) is 0 Å². The SMILES string of the molecule is O=C(c1cc(F)c(Oc2ccc(Cl)cc2-c2ccccc2)cc1F)N1CCC[C@H]1C(O)O. The normalized spacial score (nSPS) is 15.9. The van der Waals surface area contributed by atoms with Crippen LogP contribution in [0.15, 0.2) is 60.7 Å². The van der Waals surface area contributed by atoms with Gasteiger partial charge in [-0.1, -0.05) is 41.9 Å². The Morgan fingerprint density at radius 2 is 1.78 bits per heavy atom. The maximum absolute atomic E-state index is 14.8. The van der Waals surface area contributed by atoms with Crippen LogP contribution in [0.25, 0.3) is 11.1 Å². The maximum Gasteiger partial charge on any atom is 0.257 e. The van der Waals surface area contributed by atoms with E-state index in [1.807, 2.05) is 30.3 Å². The van der Waals surface area contributed by atoms with Gasteiger partial charge in [0.2, 0.25) is 0 Å². The Hall–Kier alpha value is -3.00. The van der Waals surface area contributed by atoms with Crippen LogP contribution in [0.4, 0.5) is 8.78 Å². The molecule has 0 radical (unpaired) electrons. The minimum Gasteiger partial charge on any atom is -0.454 e. The molecular formula is C24H20ClF2NO4. The van der Waals surface area contributed by atoms with Gasteiger partial charge in [0.05, 0.1) is 11.6 Å². The predicted molar refractivity (Wildman–Crippen MR) is 116 cm³/mol. The van der Waals surface area contributed by atoms with Crippen LogP contribution in [0.3, 0.4) is 0 Å². The Bertz CT molecular complexity index is 1140. The Kier molecular flexibility index (Phi) is 6.41. The van der Waals surface area contributed by atoms with E-state index < -0.39 is 41.2 Å². The van der Waals surface area contributed by atoms with E-state index in [4.69, 9.17) is 16.3 Å². The van der Waals surface area contributed by atoms with Crippen molar-refractivity contribution in [1.29, 1.82) is 0 Å². The first-order valence-electron chi connectivity index (χ1n) is 10.0. The summed E-state index contributed by atoms with van der Waals surface area (Å²) in [4.78, 5) is 13.9. The largest absolute Gasteiger partial charge is 0.454 e. The molecule has 3 aromatic rings. The molecule has 32 heavy (non-hydrogen) atoms. The summed E-state index contributed by atoms with van der Waals surface area (Å²) in [6.07, 6.45) is -0.843. The summed E-state index contributed by atoms with van der Waals surface area (Å²) >= 11 is 6.11. The fourth-order valence-corrected chi connectivity index (χ4v) is 4.01. The standard InChI is InChI=1S/C24H20ClF2NO4/c25-15-8-9-21(16(11-15)14-5-2-1-3-6-14)32-22-13-18(26)17(12-19(22)27)23(29)28-10-4-7-20(28)24(30)31/h1-3,5-6,8-9,11-13,20,24,30-31H,4,7,10H2/t20-/m0/s1. The van der Waals surface area contributed by atoms with Crippen LogP contribution in [0.5, 0.6) is 11.5 Å². The van der Waals surface area contributed by atoms with E-state index in [-0.39, 0.29) is 12.3 Å². The van der Waals surface area contributed by atoms with Gasteiger partial charge in [0, 0.05) is 23.2 Å². The highest BCUT2D eigenvalue weighted by Crippen LogP contribution is 2.37. The van der Waals surface area contributed by atoms with Crippen LogP contribution < -0.4 is 4.74 Å². The van der Waals surface area contributed by atoms with E-state index in [1.54, 1.807) is 18.2 Å². The summed E-state index contributed by atoms with van der Waals surface area (Å²) in [5.41, 5.74) is 0.872. The Balaban J connectivity index is 1.65. The number of nitrogens with zero attached hydrogens (tertiary/aromatic N) is 1. The van der Waals surface area contributed by atoms with Crippen molar-refractivity contribution in [2.24, 2.45) is 0 Å². The van der Waals surface area contributed by atoms with E-state index in [0.29, 0.717) is 23.4 Å². The fourth-order valence-electron chi connectivity index (χ4n) is 3.83. The molecule has 1 amide bonds. The number of hydrogen-bond donors (Lipinski definition) is 2. The predicted octanol–water partition coefficient (Wildman–Crippen LogP) is 4.99. The minimum absolute atomic E-state index is 0.228. The number of halogens is 3. The second-order valence-electron chi connectivity index (χ2n) is 7.49. The molecule has 1 fully saturated rings. The topological polar surface area (TPSA) is 70.0 Å². The lowest BCUT2D eigenvalue weighted by molar-refractivity contribution is -0.0841. The van der Waals surface area contributed by atoms with Crippen LogP contribution in [0.2, 0.25) is 5.02 Å². The molecule has 0 aromatic heterocycles. The molecule has 4 rings (SSSR count). The molecule has 3 aromatic carbocycles. The van der Waals surface area contributed by atoms with Gasteiger partial charge in [-0.15, -0.1) is 0 Å². The fraction of sp³-hybridized carbons (Fsp3) is 0.208. The molecule has 1 atom stereocenters. The summed E-state index contributed by atoms with van der Waals surface area (Å²) in [6.45, 7) is 0.228. The van der Waals surface area contributed by atoms with E-state index in [1.165, 1.54) is 0 Å². The summed E-state index contributed by atoms with van der Waals surface area (Å²) in [5, 5.41) is 19.4. The number of carbonyl (C=O) groups excluding carboxylic acids is 1.